The van der Waals surface area contributed by atoms with Crippen LogP contribution in [-0.4, -0.2) is 32.1 Å². The van der Waals surface area contributed by atoms with Gasteiger partial charge in [0.25, 0.3) is 11.8 Å². The van der Waals surface area contributed by atoms with Crippen LogP contribution in [-0.2, 0) is 17.6 Å². The second kappa shape index (κ2) is 9.26. The van der Waals surface area contributed by atoms with E-state index in [0.717, 1.165) is 47.3 Å². The van der Waals surface area contributed by atoms with Crippen molar-refractivity contribution in [2.24, 2.45) is 0 Å². The summed E-state index contributed by atoms with van der Waals surface area (Å²) in [7, 11) is 1.57. The van der Waals surface area contributed by atoms with Crippen molar-refractivity contribution in [3.63, 3.8) is 0 Å². The van der Waals surface area contributed by atoms with Gasteiger partial charge in [-0.3, -0.25) is 14.4 Å². The monoisotopic (exact) mass is 454 g/mol. The molecule has 3 aromatic rings. The molecule has 1 aliphatic carbocycles. The summed E-state index contributed by atoms with van der Waals surface area (Å²) in [6.07, 6.45) is 3.76. The summed E-state index contributed by atoms with van der Waals surface area (Å²) in [5, 5.41) is 6.61. The first kappa shape index (κ1) is 22.2. The summed E-state index contributed by atoms with van der Waals surface area (Å²) >= 11 is 1.42. The van der Waals surface area contributed by atoms with Crippen LogP contribution in [0.15, 0.2) is 27.4 Å². The van der Waals surface area contributed by atoms with Gasteiger partial charge in [-0.1, -0.05) is 0 Å². The van der Waals surface area contributed by atoms with E-state index >= 15 is 0 Å². The Morgan fingerprint density at radius 2 is 1.84 bits per heavy atom. The molecule has 0 saturated carbocycles. The van der Waals surface area contributed by atoms with Gasteiger partial charge >= 0.3 is 0 Å². The average Bonchev–Trinajstić information content (AvgIpc) is 3.13. The van der Waals surface area contributed by atoms with Crippen LogP contribution >= 0.6 is 11.3 Å². The molecule has 8 heteroatoms. The molecule has 0 atom stereocenters. The third-order valence-electron chi connectivity index (χ3n) is 5.78. The zero-order valence-corrected chi connectivity index (χ0v) is 19.2. The smallest absolute Gasteiger partial charge is 0.292 e. The Morgan fingerprint density at radius 3 is 2.62 bits per heavy atom. The Bertz CT molecular complexity index is 1260. The molecule has 0 saturated heterocycles. The second-order valence-corrected chi connectivity index (χ2v) is 9.13. The lowest BCUT2D eigenvalue weighted by Gasteiger charge is -2.13. The fourth-order valence-electron chi connectivity index (χ4n) is 3.94. The third-order valence-corrected chi connectivity index (χ3v) is 6.99. The maximum absolute atomic E-state index is 13.0. The van der Waals surface area contributed by atoms with Gasteiger partial charge in [-0.15, -0.1) is 11.3 Å². The molecule has 0 fully saturated rings. The van der Waals surface area contributed by atoms with Crippen LogP contribution in [0.5, 0.6) is 0 Å². The molecular weight excluding hydrogens is 428 g/mol. The lowest BCUT2D eigenvalue weighted by atomic mass is 9.95. The Morgan fingerprint density at radius 1 is 1.09 bits per heavy atom. The van der Waals surface area contributed by atoms with Crippen molar-refractivity contribution in [1.82, 2.24) is 5.32 Å². The average molecular weight is 455 g/mol. The van der Waals surface area contributed by atoms with Gasteiger partial charge < -0.3 is 19.8 Å². The minimum Gasteiger partial charge on any atom is -0.451 e. The third kappa shape index (κ3) is 4.33. The molecule has 0 radical (unpaired) electrons. The highest BCUT2D eigenvalue weighted by atomic mass is 32.1. The van der Waals surface area contributed by atoms with E-state index in [2.05, 4.69) is 10.6 Å². The molecule has 4 rings (SSSR count). The molecule has 0 spiro atoms. The number of hydrogen-bond acceptors (Lipinski definition) is 6. The van der Waals surface area contributed by atoms with Crippen molar-refractivity contribution in [3.05, 3.63) is 61.3 Å². The number of rotatable bonds is 6. The molecular formula is C24H26N2O5S. The molecule has 0 unspecified atom stereocenters. The number of amides is 2. The Hall–Kier alpha value is -2.97. The number of nitrogens with one attached hydrogen (secondary N) is 2. The molecule has 32 heavy (non-hydrogen) atoms. The predicted octanol–water partition coefficient (Wildman–Crippen LogP) is 3.98. The van der Waals surface area contributed by atoms with Crippen molar-refractivity contribution in [3.8, 4) is 0 Å². The van der Waals surface area contributed by atoms with Gasteiger partial charge in [-0.05, 0) is 68.4 Å². The molecule has 1 aromatic carbocycles. The first-order valence-electron chi connectivity index (χ1n) is 10.7. The minimum atomic E-state index is -0.549. The molecule has 0 bridgehead atoms. The molecule has 2 amide bonds. The van der Waals surface area contributed by atoms with Gasteiger partial charge in [0.15, 0.2) is 11.2 Å². The number of benzene rings is 1. The van der Waals surface area contributed by atoms with Crippen molar-refractivity contribution < 1.29 is 18.7 Å². The summed E-state index contributed by atoms with van der Waals surface area (Å²) in [5.41, 5.74) is 3.55. The van der Waals surface area contributed by atoms with Gasteiger partial charge in [-0.25, -0.2) is 0 Å². The number of fused-ring (bicyclic) bond motifs is 2. The van der Waals surface area contributed by atoms with Crippen LogP contribution in [0.2, 0.25) is 0 Å². The van der Waals surface area contributed by atoms with Crippen LogP contribution in [0.4, 0.5) is 5.00 Å². The summed E-state index contributed by atoms with van der Waals surface area (Å²) < 4.78 is 10.8. The fourth-order valence-corrected chi connectivity index (χ4v) is 5.22. The summed E-state index contributed by atoms with van der Waals surface area (Å²) in [5.74, 6) is -0.863. The number of carbonyl (C=O) groups excluding carboxylic acids is 2. The number of anilines is 1. The standard InChI is InChI=1S/C24H26N2O5S/c1-13-10-16-17(27)12-19(31-18(16)11-14(13)2)22(28)26-24-21(23(29)25-8-9-30-3)15-6-4-5-7-20(15)32-24/h10-12H,4-9H2,1-3H3,(H,25,29)(H,26,28). The lowest BCUT2D eigenvalue weighted by molar-refractivity contribution is 0.0937. The SMILES string of the molecule is COCCNC(=O)c1c(NC(=O)c2cc(=O)c3cc(C)c(C)cc3o2)sc2c1CCCC2. The van der Waals surface area contributed by atoms with Crippen LogP contribution < -0.4 is 16.1 Å². The molecule has 2 heterocycles. The first-order valence-corrected chi connectivity index (χ1v) is 11.5. The van der Waals surface area contributed by atoms with Crippen LogP contribution in [0.25, 0.3) is 11.0 Å². The molecule has 7 nitrogen and oxygen atoms in total. The van der Waals surface area contributed by atoms with E-state index in [1.165, 1.54) is 17.4 Å². The van der Waals surface area contributed by atoms with Crippen molar-refractivity contribution in [2.45, 2.75) is 39.5 Å². The molecule has 0 aliphatic heterocycles. The maximum atomic E-state index is 13.0. The van der Waals surface area contributed by atoms with Gasteiger partial charge in [0, 0.05) is 24.6 Å². The van der Waals surface area contributed by atoms with Crippen LogP contribution in [0.1, 0.15) is 55.3 Å². The topological polar surface area (TPSA) is 97.6 Å². The Kier molecular flexibility index (Phi) is 6.43. The van der Waals surface area contributed by atoms with Gasteiger partial charge in [0.05, 0.1) is 17.6 Å². The molecule has 1 aliphatic rings. The zero-order valence-electron chi connectivity index (χ0n) is 18.4. The molecule has 2 aromatic heterocycles. The van der Waals surface area contributed by atoms with Gasteiger partial charge in [-0.2, -0.15) is 0 Å². The predicted molar refractivity (Wildman–Crippen MR) is 125 cm³/mol. The summed E-state index contributed by atoms with van der Waals surface area (Å²) in [4.78, 5) is 39.6. The van der Waals surface area contributed by atoms with Crippen LogP contribution in [0, 0.1) is 13.8 Å². The van der Waals surface area contributed by atoms with E-state index in [1.807, 2.05) is 13.8 Å². The molecule has 2 N–H and O–H groups in total. The normalized spacial score (nSPS) is 13.1. The van der Waals surface area contributed by atoms with E-state index in [0.29, 0.717) is 34.7 Å². The van der Waals surface area contributed by atoms with E-state index in [9.17, 15) is 14.4 Å². The first-order chi connectivity index (χ1) is 15.4. The highest BCUT2D eigenvalue weighted by molar-refractivity contribution is 7.17. The Balaban J connectivity index is 1.67. The number of hydrogen-bond donors (Lipinski definition) is 2. The summed E-state index contributed by atoms with van der Waals surface area (Å²) in [6, 6.07) is 4.74. The van der Waals surface area contributed by atoms with Crippen molar-refractivity contribution in [2.75, 3.05) is 25.6 Å². The zero-order chi connectivity index (χ0) is 22.8. The van der Waals surface area contributed by atoms with Crippen molar-refractivity contribution in [1.29, 1.82) is 0 Å². The quantitative estimate of drug-likeness (QED) is 0.549. The number of aryl methyl sites for hydroxylation is 3. The Labute approximate surface area is 189 Å². The van der Waals surface area contributed by atoms with Crippen molar-refractivity contribution >= 4 is 39.1 Å². The minimum absolute atomic E-state index is 0.0807. The molecule has 168 valence electrons. The number of ether oxygens (including phenoxy) is 1. The highest BCUT2D eigenvalue weighted by Crippen LogP contribution is 2.38. The largest absolute Gasteiger partial charge is 0.451 e. The maximum Gasteiger partial charge on any atom is 0.292 e. The number of thiophene rings is 1. The van der Waals surface area contributed by atoms with E-state index in [-0.39, 0.29) is 17.1 Å². The van der Waals surface area contributed by atoms with E-state index in [1.54, 1.807) is 19.2 Å². The summed E-state index contributed by atoms with van der Waals surface area (Å²) in [6.45, 7) is 4.63. The second-order valence-electron chi connectivity index (χ2n) is 8.03. The lowest BCUT2D eigenvalue weighted by Crippen LogP contribution is -2.28. The van der Waals surface area contributed by atoms with Gasteiger partial charge in [0.1, 0.15) is 10.6 Å². The number of carbonyl (C=O) groups is 2. The number of methoxy groups -OCH3 is 1. The van der Waals surface area contributed by atoms with E-state index in [4.69, 9.17) is 9.15 Å². The van der Waals surface area contributed by atoms with Crippen LogP contribution in [0.3, 0.4) is 0 Å². The fraction of sp³-hybridized carbons (Fsp3) is 0.375. The van der Waals surface area contributed by atoms with Gasteiger partial charge in [0.2, 0.25) is 0 Å². The van der Waals surface area contributed by atoms with E-state index < -0.39 is 5.91 Å². The highest BCUT2D eigenvalue weighted by Gasteiger charge is 2.27.